The second kappa shape index (κ2) is 14.0. The minimum atomic E-state index is -1.87. The quantitative estimate of drug-likeness (QED) is 0.120. The van der Waals surface area contributed by atoms with Crippen LogP contribution in [-0.4, -0.2) is 170 Å². The molecule has 2 amide bonds. The van der Waals surface area contributed by atoms with Gasteiger partial charge in [-0.15, -0.1) is 0 Å². The first-order chi connectivity index (χ1) is 18.8. The van der Waals surface area contributed by atoms with Gasteiger partial charge in [0.1, 0.15) is 73.1 Å². The third-order valence-corrected chi connectivity index (χ3v) is 6.88. The van der Waals surface area contributed by atoms with E-state index in [1.807, 2.05) is 0 Å². The number of rotatable bonds is 9. The number of hydrogen-bond donors (Lipinski definition) is 11. The summed E-state index contributed by atoms with van der Waals surface area (Å²) >= 11 is 0. The van der Waals surface area contributed by atoms with Crippen LogP contribution in [0, 0.1) is 0 Å². The number of aliphatic hydroxyl groups excluding tert-OH is 9. The molecule has 3 aliphatic rings. The van der Waals surface area contributed by atoms with Crippen molar-refractivity contribution in [1.29, 1.82) is 0 Å². The van der Waals surface area contributed by atoms with Crippen LogP contribution in [0.2, 0.25) is 0 Å². The summed E-state index contributed by atoms with van der Waals surface area (Å²) < 4.78 is 27.4. The van der Waals surface area contributed by atoms with E-state index in [9.17, 15) is 55.5 Å². The molecule has 3 fully saturated rings. The van der Waals surface area contributed by atoms with Gasteiger partial charge in [0, 0.05) is 13.8 Å². The molecule has 3 unspecified atom stereocenters. The first-order valence-electron chi connectivity index (χ1n) is 12.6. The summed E-state index contributed by atoms with van der Waals surface area (Å²) in [5, 5.41) is 96.3. The van der Waals surface area contributed by atoms with Crippen LogP contribution in [0.25, 0.3) is 0 Å². The molecule has 3 heterocycles. The van der Waals surface area contributed by atoms with Crippen molar-refractivity contribution < 1.29 is 79.2 Å². The van der Waals surface area contributed by atoms with Crippen LogP contribution < -0.4 is 10.6 Å². The molecule has 3 rings (SSSR count). The molecule has 0 aliphatic carbocycles. The molecule has 11 N–H and O–H groups in total. The fourth-order valence-electron chi connectivity index (χ4n) is 4.76. The molecule has 232 valence electrons. The third-order valence-electron chi connectivity index (χ3n) is 6.88. The smallest absolute Gasteiger partial charge is 0.217 e. The maximum atomic E-state index is 11.8. The molecule has 0 aromatic heterocycles. The number of ether oxygens (including phenoxy) is 5. The summed E-state index contributed by atoms with van der Waals surface area (Å²) in [5.74, 6) is -1.26. The zero-order valence-corrected chi connectivity index (χ0v) is 21.7. The summed E-state index contributed by atoms with van der Waals surface area (Å²) in [7, 11) is 0. The van der Waals surface area contributed by atoms with Gasteiger partial charge >= 0.3 is 0 Å². The Morgan fingerprint density at radius 2 is 1.18 bits per heavy atom. The van der Waals surface area contributed by atoms with Gasteiger partial charge in [0.15, 0.2) is 18.9 Å². The van der Waals surface area contributed by atoms with Gasteiger partial charge in [0.25, 0.3) is 0 Å². The Balaban J connectivity index is 1.78. The fourth-order valence-corrected chi connectivity index (χ4v) is 4.76. The highest BCUT2D eigenvalue weighted by Gasteiger charge is 2.52. The lowest BCUT2D eigenvalue weighted by Gasteiger charge is -2.47. The second-order valence-corrected chi connectivity index (χ2v) is 9.85. The Kier molecular flexibility index (Phi) is 11.5. The standard InChI is InChI=1S/C22H38N2O16/c1-6(27)23-11-16(32)13(29)8(3-25)38-21(11)36-5-10-15(31)19(12(20(35)37-10)24-7(2)28)40-22-18(34)17(33)14(30)9(4-26)39-22/h8-22,25-26,29-35H,3-5H2,1-2H3,(H,23,27)(H,24,28)/t8-,9-,10-,11-,12-,13-,14+,15+,16-,17+,18-,19-,20?,21?,22?/m1/s1. The average Bonchev–Trinajstić information content (AvgIpc) is 2.90. The highest BCUT2D eigenvalue weighted by Crippen LogP contribution is 2.30. The molecule has 0 saturated carbocycles. The van der Waals surface area contributed by atoms with Crippen LogP contribution in [0.15, 0.2) is 0 Å². The molecule has 0 radical (unpaired) electrons. The summed E-state index contributed by atoms with van der Waals surface area (Å²) in [4.78, 5) is 23.4. The lowest BCUT2D eigenvalue weighted by atomic mass is 9.95. The van der Waals surface area contributed by atoms with E-state index >= 15 is 0 Å². The van der Waals surface area contributed by atoms with E-state index in [1.165, 1.54) is 0 Å². The molecule has 3 saturated heterocycles. The molecule has 0 bridgehead atoms. The van der Waals surface area contributed by atoms with E-state index in [1.54, 1.807) is 0 Å². The molecule has 0 spiro atoms. The summed E-state index contributed by atoms with van der Waals surface area (Å²) in [6.45, 7) is 0.184. The van der Waals surface area contributed by atoms with Crippen molar-refractivity contribution in [2.45, 2.75) is 106 Å². The first-order valence-corrected chi connectivity index (χ1v) is 12.6. The minimum absolute atomic E-state index is 0.596. The summed E-state index contributed by atoms with van der Waals surface area (Å²) in [6.07, 6.45) is -21.0. The van der Waals surface area contributed by atoms with Crippen LogP contribution in [0.4, 0.5) is 0 Å². The molecule has 0 aromatic rings. The zero-order valence-electron chi connectivity index (χ0n) is 21.7. The number of amides is 2. The monoisotopic (exact) mass is 586 g/mol. The van der Waals surface area contributed by atoms with E-state index in [-0.39, 0.29) is 0 Å². The largest absolute Gasteiger partial charge is 0.394 e. The molecular formula is C22H38N2O16. The van der Waals surface area contributed by atoms with Crippen molar-refractivity contribution in [3.05, 3.63) is 0 Å². The maximum absolute atomic E-state index is 11.8. The van der Waals surface area contributed by atoms with E-state index in [2.05, 4.69) is 10.6 Å². The Bertz CT molecular complexity index is 852. The van der Waals surface area contributed by atoms with Crippen LogP contribution in [0.1, 0.15) is 13.8 Å². The predicted molar refractivity (Wildman–Crippen MR) is 124 cm³/mol. The molecule has 18 nitrogen and oxygen atoms in total. The lowest BCUT2D eigenvalue weighted by molar-refractivity contribution is -0.345. The molecular weight excluding hydrogens is 548 g/mol. The third kappa shape index (κ3) is 7.23. The topological polar surface area (TPSA) is 286 Å². The normalized spacial score (nSPS) is 46.0. The molecule has 0 aromatic carbocycles. The van der Waals surface area contributed by atoms with E-state index in [4.69, 9.17) is 23.7 Å². The number of carbonyl (C=O) groups excluding carboxylic acids is 2. The van der Waals surface area contributed by atoms with Crippen LogP contribution in [-0.2, 0) is 33.3 Å². The van der Waals surface area contributed by atoms with Crippen LogP contribution in [0.5, 0.6) is 0 Å². The lowest BCUT2D eigenvalue weighted by Crippen LogP contribution is -2.68. The first kappa shape index (κ1) is 32.9. The maximum Gasteiger partial charge on any atom is 0.217 e. The summed E-state index contributed by atoms with van der Waals surface area (Å²) in [6, 6.07) is -2.75. The van der Waals surface area contributed by atoms with Gasteiger partial charge in [0.2, 0.25) is 11.8 Å². The predicted octanol–water partition coefficient (Wildman–Crippen LogP) is -7.29. The molecule has 40 heavy (non-hydrogen) atoms. The van der Waals surface area contributed by atoms with Gasteiger partial charge in [-0.1, -0.05) is 0 Å². The number of hydrogen-bond acceptors (Lipinski definition) is 16. The Morgan fingerprint density at radius 3 is 1.73 bits per heavy atom. The highest BCUT2D eigenvalue weighted by atomic mass is 16.7. The van der Waals surface area contributed by atoms with Gasteiger partial charge in [-0.3, -0.25) is 9.59 Å². The number of carbonyl (C=O) groups is 2. The SMILES string of the molecule is CC(=O)N[C@H]1C(OC[C@H]2OC(O)[C@H](NC(C)=O)[C@@H](OC3O[C@H](CO)[C@H](O)[C@H](O)[C@H]3O)[C@H]2O)O[C@H](CO)[C@@H](O)[C@@H]1O. The van der Waals surface area contributed by atoms with Gasteiger partial charge in [-0.25, -0.2) is 0 Å². The molecule has 15 atom stereocenters. The fraction of sp³-hybridized carbons (Fsp3) is 0.909. The van der Waals surface area contributed by atoms with E-state index in [0.717, 1.165) is 13.8 Å². The average molecular weight is 587 g/mol. The van der Waals surface area contributed by atoms with Crippen molar-refractivity contribution in [2.24, 2.45) is 0 Å². The van der Waals surface area contributed by atoms with Crippen molar-refractivity contribution in [3.8, 4) is 0 Å². The van der Waals surface area contributed by atoms with Crippen LogP contribution >= 0.6 is 0 Å². The zero-order chi connectivity index (χ0) is 29.9. The second-order valence-electron chi connectivity index (χ2n) is 9.85. The van der Waals surface area contributed by atoms with Gasteiger partial charge in [-0.05, 0) is 0 Å². The van der Waals surface area contributed by atoms with Crippen molar-refractivity contribution >= 4 is 11.8 Å². The van der Waals surface area contributed by atoms with Gasteiger partial charge < -0.3 is 80.3 Å². The van der Waals surface area contributed by atoms with Crippen LogP contribution in [0.3, 0.4) is 0 Å². The minimum Gasteiger partial charge on any atom is -0.394 e. The molecule has 3 aliphatic heterocycles. The molecule has 18 heteroatoms. The number of aliphatic hydroxyl groups is 9. The highest BCUT2D eigenvalue weighted by molar-refractivity contribution is 5.73. The number of nitrogens with one attached hydrogen (secondary N) is 2. The Hall–Kier alpha value is -1.62. The summed E-state index contributed by atoms with van der Waals surface area (Å²) in [5.41, 5.74) is 0. The van der Waals surface area contributed by atoms with Crippen molar-refractivity contribution in [1.82, 2.24) is 10.6 Å². The van der Waals surface area contributed by atoms with Gasteiger partial charge in [-0.2, -0.15) is 0 Å². The van der Waals surface area contributed by atoms with E-state index in [0.29, 0.717) is 0 Å². The van der Waals surface area contributed by atoms with Gasteiger partial charge in [0.05, 0.1) is 19.8 Å². The van der Waals surface area contributed by atoms with Crippen molar-refractivity contribution in [2.75, 3.05) is 19.8 Å². The Morgan fingerprint density at radius 1 is 0.650 bits per heavy atom. The van der Waals surface area contributed by atoms with Crippen molar-refractivity contribution in [3.63, 3.8) is 0 Å². The Labute approximate surface area is 228 Å². The van der Waals surface area contributed by atoms with E-state index < -0.39 is 124 Å².